The number of benzene rings is 1. The number of para-hydroxylation sites is 1. The van der Waals surface area contributed by atoms with Crippen molar-refractivity contribution >= 4 is 17.9 Å². The Morgan fingerprint density at radius 1 is 1.15 bits per heavy atom. The molecular weight excluding hydrogens is 358 g/mol. The highest BCUT2D eigenvalue weighted by Gasteiger charge is 2.26. The molecule has 0 spiro atoms. The third kappa shape index (κ3) is 7.14. The fourth-order valence-electron chi connectivity index (χ4n) is 2.69. The third-order valence-electron chi connectivity index (χ3n) is 4.09. The van der Waals surface area contributed by atoms with Crippen molar-refractivity contribution in [2.24, 2.45) is 5.92 Å². The summed E-state index contributed by atoms with van der Waals surface area (Å²) in [6.45, 7) is 4.61. The minimum atomic E-state index is -1.82. The monoisotopic (exact) mass is 383 g/mol. The van der Waals surface area contributed by atoms with Crippen LogP contribution in [-0.4, -0.2) is 64.9 Å². The van der Waals surface area contributed by atoms with Gasteiger partial charge in [0.25, 0.3) is 0 Å². The average molecular weight is 383 g/mol. The molecule has 0 amide bonds. The number of carboxylic acids is 2. The zero-order chi connectivity index (χ0) is 20.4. The Bertz CT molecular complexity index is 641. The second-order valence-corrected chi connectivity index (χ2v) is 5.88. The Kier molecular flexibility index (Phi) is 9.07. The number of methoxy groups -OCH3 is 1. The summed E-state index contributed by atoms with van der Waals surface area (Å²) in [5, 5.41) is 24.9. The van der Waals surface area contributed by atoms with E-state index < -0.39 is 11.9 Å². The van der Waals surface area contributed by atoms with E-state index in [2.05, 4.69) is 4.90 Å². The maximum absolute atomic E-state index is 11.7. The second-order valence-electron chi connectivity index (χ2n) is 5.88. The van der Waals surface area contributed by atoms with Gasteiger partial charge in [-0.05, 0) is 38.9 Å². The highest BCUT2D eigenvalue weighted by Crippen LogP contribution is 2.31. The van der Waals surface area contributed by atoms with E-state index in [4.69, 9.17) is 29.3 Å². The number of phenolic OH excluding ortho intramolecular Hbond substituents is 1. The molecule has 1 aromatic carbocycles. The van der Waals surface area contributed by atoms with E-state index in [1.807, 2.05) is 19.1 Å². The maximum atomic E-state index is 11.7. The first-order chi connectivity index (χ1) is 12.8. The van der Waals surface area contributed by atoms with Crippen molar-refractivity contribution in [3.05, 3.63) is 23.8 Å². The van der Waals surface area contributed by atoms with Crippen LogP contribution in [0.4, 0.5) is 0 Å². The number of aromatic hydroxyl groups is 1. The van der Waals surface area contributed by atoms with Gasteiger partial charge >= 0.3 is 17.9 Å². The number of rotatable bonds is 5. The fraction of sp³-hybridized carbons (Fsp3) is 0.500. The molecule has 1 aliphatic heterocycles. The number of ether oxygens (including phenoxy) is 2. The summed E-state index contributed by atoms with van der Waals surface area (Å²) in [7, 11) is 1.55. The number of hydrogen-bond acceptors (Lipinski definition) is 7. The molecule has 9 heteroatoms. The molecule has 0 aromatic heterocycles. The zero-order valence-corrected chi connectivity index (χ0v) is 15.4. The van der Waals surface area contributed by atoms with Gasteiger partial charge < -0.3 is 24.8 Å². The second kappa shape index (κ2) is 11.0. The Labute approximate surface area is 157 Å². The molecule has 1 aromatic rings. The molecular formula is C18H25NO8. The van der Waals surface area contributed by atoms with Crippen LogP contribution in [0.15, 0.2) is 18.2 Å². The number of carbonyl (C=O) groups excluding carboxylic acids is 1. The highest BCUT2D eigenvalue weighted by atomic mass is 16.5. The van der Waals surface area contributed by atoms with Crippen LogP contribution in [0.2, 0.25) is 0 Å². The summed E-state index contributed by atoms with van der Waals surface area (Å²) >= 11 is 0. The van der Waals surface area contributed by atoms with Gasteiger partial charge in [-0.3, -0.25) is 9.69 Å². The molecule has 2 rings (SSSR count). The molecule has 0 saturated carbocycles. The van der Waals surface area contributed by atoms with Crippen LogP contribution in [0.3, 0.4) is 0 Å². The van der Waals surface area contributed by atoms with Gasteiger partial charge in [0.05, 0.1) is 19.6 Å². The molecule has 1 saturated heterocycles. The molecule has 1 heterocycles. The van der Waals surface area contributed by atoms with Gasteiger partial charge in [-0.1, -0.05) is 12.1 Å². The molecule has 150 valence electrons. The first kappa shape index (κ1) is 22.2. The standard InChI is InChI=1S/C16H23NO4.C2H2O4/c1-3-21-16(19)12-7-9-17(10-8-12)11-13-5-4-6-14(20-2)15(13)18;3-1(4)2(5)6/h4-6,12,18H,3,7-11H2,1-2H3;(H,3,4)(H,5,6). The molecule has 0 bridgehead atoms. The molecule has 9 nitrogen and oxygen atoms in total. The molecule has 0 radical (unpaired) electrons. The summed E-state index contributed by atoms with van der Waals surface area (Å²) in [6.07, 6.45) is 1.62. The van der Waals surface area contributed by atoms with E-state index in [0.29, 0.717) is 18.9 Å². The van der Waals surface area contributed by atoms with Crippen LogP contribution in [0.5, 0.6) is 11.5 Å². The molecule has 27 heavy (non-hydrogen) atoms. The van der Waals surface area contributed by atoms with Gasteiger partial charge in [-0.2, -0.15) is 0 Å². The minimum absolute atomic E-state index is 0.0140. The van der Waals surface area contributed by atoms with E-state index in [0.717, 1.165) is 31.5 Å². The predicted molar refractivity (Wildman–Crippen MR) is 94.6 cm³/mol. The lowest BCUT2D eigenvalue weighted by molar-refractivity contribution is -0.159. The van der Waals surface area contributed by atoms with Crippen molar-refractivity contribution in [1.29, 1.82) is 0 Å². The number of phenols is 1. The topological polar surface area (TPSA) is 134 Å². The number of aliphatic carboxylic acids is 2. The molecule has 0 unspecified atom stereocenters. The summed E-state index contributed by atoms with van der Waals surface area (Å²) in [5.41, 5.74) is 0.851. The number of likely N-dealkylation sites (tertiary alicyclic amines) is 1. The van der Waals surface area contributed by atoms with Crippen molar-refractivity contribution in [3.8, 4) is 11.5 Å². The summed E-state index contributed by atoms with van der Waals surface area (Å²) < 4.78 is 10.2. The lowest BCUT2D eigenvalue weighted by Gasteiger charge is -2.31. The smallest absolute Gasteiger partial charge is 0.414 e. The Morgan fingerprint density at radius 2 is 1.74 bits per heavy atom. The first-order valence-electron chi connectivity index (χ1n) is 8.50. The van der Waals surface area contributed by atoms with Crippen LogP contribution in [-0.2, 0) is 25.7 Å². The van der Waals surface area contributed by atoms with E-state index in [1.165, 1.54) is 0 Å². The molecule has 3 N–H and O–H groups in total. The van der Waals surface area contributed by atoms with Gasteiger partial charge in [0.2, 0.25) is 0 Å². The Balaban J connectivity index is 0.000000527. The number of carbonyl (C=O) groups is 3. The van der Waals surface area contributed by atoms with Gasteiger partial charge in [-0.15, -0.1) is 0 Å². The largest absolute Gasteiger partial charge is 0.504 e. The summed E-state index contributed by atoms with van der Waals surface area (Å²) in [5.74, 6) is -3.02. The Morgan fingerprint density at radius 3 is 2.22 bits per heavy atom. The van der Waals surface area contributed by atoms with E-state index in [1.54, 1.807) is 13.2 Å². The maximum Gasteiger partial charge on any atom is 0.414 e. The lowest BCUT2D eigenvalue weighted by atomic mass is 9.96. The molecule has 0 aliphatic carbocycles. The fourth-order valence-corrected chi connectivity index (χ4v) is 2.69. The number of hydrogen-bond donors (Lipinski definition) is 3. The van der Waals surface area contributed by atoms with Gasteiger partial charge in [-0.25, -0.2) is 9.59 Å². The van der Waals surface area contributed by atoms with Crippen LogP contribution < -0.4 is 4.74 Å². The number of esters is 1. The first-order valence-corrected chi connectivity index (χ1v) is 8.50. The van der Waals surface area contributed by atoms with Gasteiger partial charge in [0, 0.05) is 12.1 Å². The van der Waals surface area contributed by atoms with Gasteiger partial charge in [0.15, 0.2) is 11.5 Å². The van der Waals surface area contributed by atoms with Crippen LogP contribution in [0, 0.1) is 5.92 Å². The van der Waals surface area contributed by atoms with Crippen LogP contribution >= 0.6 is 0 Å². The minimum Gasteiger partial charge on any atom is -0.504 e. The van der Waals surface area contributed by atoms with E-state index >= 15 is 0 Å². The highest BCUT2D eigenvalue weighted by molar-refractivity contribution is 6.27. The number of nitrogens with zero attached hydrogens (tertiary/aromatic N) is 1. The number of piperidine rings is 1. The van der Waals surface area contributed by atoms with Crippen molar-refractivity contribution in [3.63, 3.8) is 0 Å². The third-order valence-corrected chi connectivity index (χ3v) is 4.09. The Hall–Kier alpha value is -2.81. The van der Waals surface area contributed by atoms with E-state index in [9.17, 15) is 9.90 Å². The van der Waals surface area contributed by atoms with E-state index in [-0.39, 0.29) is 17.6 Å². The van der Waals surface area contributed by atoms with Crippen LogP contribution in [0.1, 0.15) is 25.3 Å². The van der Waals surface area contributed by atoms with Crippen molar-refractivity contribution in [1.82, 2.24) is 4.90 Å². The number of carboxylic acid groups (broad SMARTS) is 2. The molecule has 0 atom stereocenters. The molecule has 1 fully saturated rings. The quantitative estimate of drug-likeness (QED) is 0.508. The SMILES string of the molecule is CCOC(=O)C1CCN(Cc2cccc(OC)c2O)CC1.O=C(O)C(=O)O. The average Bonchev–Trinajstić information content (AvgIpc) is 2.64. The van der Waals surface area contributed by atoms with Crippen molar-refractivity contribution in [2.45, 2.75) is 26.3 Å². The lowest BCUT2D eigenvalue weighted by Crippen LogP contribution is -2.36. The predicted octanol–water partition coefficient (Wildman–Crippen LogP) is 1.33. The van der Waals surface area contributed by atoms with Gasteiger partial charge in [0.1, 0.15) is 0 Å². The molecule has 1 aliphatic rings. The van der Waals surface area contributed by atoms with Crippen molar-refractivity contribution in [2.75, 3.05) is 26.8 Å². The van der Waals surface area contributed by atoms with Crippen molar-refractivity contribution < 1.29 is 39.2 Å². The summed E-state index contributed by atoms with van der Waals surface area (Å²) in [6, 6.07) is 5.51. The summed E-state index contributed by atoms with van der Waals surface area (Å²) in [4.78, 5) is 32.1. The normalized spacial score (nSPS) is 14.6. The zero-order valence-electron chi connectivity index (χ0n) is 15.4. The van der Waals surface area contributed by atoms with Crippen LogP contribution in [0.25, 0.3) is 0 Å².